The topological polar surface area (TPSA) is 90.4 Å². The second-order valence-corrected chi connectivity index (χ2v) is 5.65. The third-order valence-electron chi connectivity index (χ3n) is 2.51. The fourth-order valence-corrected chi connectivity index (χ4v) is 2.60. The van der Waals surface area contributed by atoms with Gasteiger partial charge in [0.05, 0.1) is 36.7 Å². The molecule has 0 radical (unpaired) electrons. The van der Waals surface area contributed by atoms with E-state index in [1.807, 2.05) is 6.92 Å². The Balaban J connectivity index is 2.16. The summed E-state index contributed by atoms with van der Waals surface area (Å²) in [5.41, 5.74) is 0.254. The van der Waals surface area contributed by atoms with Gasteiger partial charge < -0.3 is 9.47 Å². The van der Waals surface area contributed by atoms with Crippen LogP contribution >= 0.6 is 0 Å². The van der Waals surface area contributed by atoms with Crippen LogP contribution in [0.25, 0.3) is 0 Å². The minimum absolute atomic E-state index is 0.127. The first kappa shape index (κ1) is 15.0. The lowest BCUT2D eigenvalue weighted by atomic mass is 10.3. The Morgan fingerprint density at radius 2 is 1.76 bits per heavy atom. The van der Waals surface area contributed by atoms with Gasteiger partial charge in [-0.2, -0.15) is 0 Å². The second kappa shape index (κ2) is 6.40. The molecule has 0 saturated heterocycles. The number of nitrogens with zero attached hydrogens (tertiary/aromatic N) is 2. The number of benzene rings is 1. The van der Waals surface area contributed by atoms with E-state index in [-0.39, 0.29) is 16.6 Å². The van der Waals surface area contributed by atoms with Gasteiger partial charge in [-0.3, -0.25) is 4.72 Å². The summed E-state index contributed by atoms with van der Waals surface area (Å²) < 4.78 is 36.8. The second-order valence-electron chi connectivity index (χ2n) is 3.97. The van der Waals surface area contributed by atoms with E-state index >= 15 is 0 Å². The fraction of sp³-hybridized carbons (Fsp3) is 0.231. The smallest absolute Gasteiger partial charge is 0.316 e. The summed E-state index contributed by atoms with van der Waals surface area (Å²) in [5, 5.41) is 0. The molecule has 7 nitrogen and oxygen atoms in total. The number of nitrogens with one attached hydrogen (secondary N) is 1. The molecule has 8 heteroatoms. The zero-order valence-corrected chi connectivity index (χ0v) is 12.4. The number of rotatable bonds is 6. The normalized spacial score (nSPS) is 11.0. The van der Waals surface area contributed by atoms with E-state index in [1.165, 1.54) is 31.6 Å². The van der Waals surface area contributed by atoms with Crippen LogP contribution in [0.4, 0.5) is 5.69 Å². The van der Waals surface area contributed by atoms with Gasteiger partial charge in [0.15, 0.2) is 0 Å². The molecule has 1 aromatic carbocycles. The molecule has 0 aliphatic rings. The molecule has 0 spiro atoms. The van der Waals surface area contributed by atoms with E-state index in [2.05, 4.69) is 14.7 Å². The number of anilines is 1. The van der Waals surface area contributed by atoms with Crippen LogP contribution in [-0.4, -0.2) is 32.1 Å². The third kappa shape index (κ3) is 3.82. The molecule has 0 unspecified atom stereocenters. The molecule has 2 aromatic rings. The largest absolute Gasteiger partial charge is 0.494 e. The first-order valence-electron chi connectivity index (χ1n) is 6.17. The SMILES string of the molecule is CCOc1ccc(S(=O)(=O)Nc2cnc(OC)nc2)cc1. The minimum Gasteiger partial charge on any atom is -0.494 e. The molecule has 0 aliphatic carbocycles. The molecular formula is C13H15N3O4S. The van der Waals surface area contributed by atoms with Gasteiger partial charge >= 0.3 is 6.01 Å². The summed E-state index contributed by atoms with van der Waals surface area (Å²) in [5.74, 6) is 0.615. The molecule has 0 aliphatic heterocycles. The monoisotopic (exact) mass is 309 g/mol. The number of methoxy groups -OCH3 is 1. The van der Waals surface area contributed by atoms with Crippen molar-refractivity contribution in [1.29, 1.82) is 0 Å². The number of ether oxygens (including phenoxy) is 2. The summed E-state index contributed by atoms with van der Waals surface area (Å²) in [6.07, 6.45) is 2.66. The Morgan fingerprint density at radius 1 is 1.14 bits per heavy atom. The molecule has 1 aromatic heterocycles. The van der Waals surface area contributed by atoms with Crippen LogP contribution in [-0.2, 0) is 10.0 Å². The average molecular weight is 309 g/mol. The maximum absolute atomic E-state index is 12.2. The highest BCUT2D eigenvalue weighted by Crippen LogP contribution is 2.19. The van der Waals surface area contributed by atoms with E-state index in [0.29, 0.717) is 12.4 Å². The average Bonchev–Trinajstić information content (AvgIpc) is 2.48. The summed E-state index contributed by atoms with van der Waals surface area (Å²) in [4.78, 5) is 7.79. The van der Waals surface area contributed by atoms with Gasteiger partial charge in [0.25, 0.3) is 10.0 Å². The lowest BCUT2D eigenvalue weighted by molar-refractivity contribution is 0.340. The minimum atomic E-state index is -3.69. The number of hydrogen-bond donors (Lipinski definition) is 1. The standard InChI is InChI=1S/C13H15N3O4S/c1-3-20-11-4-6-12(7-5-11)21(17,18)16-10-8-14-13(19-2)15-9-10/h4-9,16H,3H2,1-2H3. The maximum Gasteiger partial charge on any atom is 0.316 e. The molecule has 0 amide bonds. The summed E-state index contributed by atoms with van der Waals surface area (Å²) in [6, 6.07) is 6.31. The highest BCUT2D eigenvalue weighted by Gasteiger charge is 2.14. The molecule has 1 heterocycles. The quantitative estimate of drug-likeness (QED) is 0.873. The molecule has 0 bridgehead atoms. The van der Waals surface area contributed by atoms with E-state index in [9.17, 15) is 8.42 Å². The fourth-order valence-electron chi connectivity index (χ4n) is 1.57. The van der Waals surface area contributed by atoms with Crippen molar-refractivity contribution in [2.45, 2.75) is 11.8 Å². The van der Waals surface area contributed by atoms with Gasteiger partial charge in [0.1, 0.15) is 5.75 Å². The van der Waals surface area contributed by atoms with Crippen molar-refractivity contribution >= 4 is 15.7 Å². The zero-order chi connectivity index (χ0) is 15.3. The van der Waals surface area contributed by atoms with Gasteiger partial charge in [0, 0.05) is 0 Å². The van der Waals surface area contributed by atoms with Crippen molar-refractivity contribution in [3.63, 3.8) is 0 Å². The highest BCUT2D eigenvalue weighted by molar-refractivity contribution is 7.92. The van der Waals surface area contributed by atoms with Gasteiger partial charge in [0.2, 0.25) is 0 Å². The molecule has 0 fully saturated rings. The van der Waals surface area contributed by atoms with Crippen LogP contribution in [0.5, 0.6) is 11.8 Å². The Labute approximate surface area is 123 Å². The van der Waals surface area contributed by atoms with E-state index in [1.54, 1.807) is 12.1 Å². The van der Waals surface area contributed by atoms with Crippen molar-refractivity contribution in [2.24, 2.45) is 0 Å². The summed E-state index contributed by atoms with van der Waals surface area (Å²) in [6.45, 7) is 2.38. The van der Waals surface area contributed by atoms with Gasteiger partial charge in [-0.15, -0.1) is 0 Å². The van der Waals surface area contributed by atoms with Gasteiger partial charge in [-0.25, -0.2) is 18.4 Å². The molecular weight excluding hydrogens is 294 g/mol. The third-order valence-corrected chi connectivity index (χ3v) is 3.91. The molecule has 112 valence electrons. The van der Waals surface area contributed by atoms with Gasteiger partial charge in [-0.1, -0.05) is 0 Å². The lowest BCUT2D eigenvalue weighted by Crippen LogP contribution is -2.13. The van der Waals surface area contributed by atoms with Crippen LogP contribution < -0.4 is 14.2 Å². The molecule has 0 saturated carbocycles. The van der Waals surface area contributed by atoms with Crippen LogP contribution in [0.15, 0.2) is 41.6 Å². The Bertz CT molecular complexity index is 684. The number of sulfonamides is 1. The highest BCUT2D eigenvalue weighted by atomic mass is 32.2. The molecule has 1 N–H and O–H groups in total. The van der Waals surface area contributed by atoms with E-state index in [0.717, 1.165) is 0 Å². The first-order chi connectivity index (χ1) is 10.0. The Hall–Kier alpha value is -2.35. The van der Waals surface area contributed by atoms with Crippen LogP contribution in [0, 0.1) is 0 Å². The van der Waals surface area contributed by atoms with Crippen LogP contribution in [0.3, 0.4) is 0 Å². The van der Waals surface area contributed by atoms with Crippen molar-refractivity contribution in [2.75, 3.05) is 18.4 Å². The first-order valence-corrected chi connectivity index (χ1v) is 7.65. The summed E-state index contributed by atoms with van der Waals surface area (Å²) >= 11 is 0. The number of aromatic nitrogens is 2. The van der Waals surface area contributed by atoms with Gasteiger partial charge in [-0.05, 0) is 31.2 Å². The van der Waals surface area contributed by atoms with Crippen molar-refractivity contribution in [3.05, 3.63) is 36.7 Å². The van der Waals surface area contributed by atoms with E-state index < -0.39 is 10.0 Å². The predicted octanol–water partition coefficient (Wildman–Crippen LogP) is 1.68. The van der Waals surface area contributed by atoms with Crippen LogP contribution in [0.1, 0.15) is 6.92 Å². The molecule has 21 heavy (non-hydrogen) atoms. The summed E-state index contributed by atoms with van der Waals surface area (Å²) in [7, 11) is -2.26. The number of hydrogen-bond acceptors (Lipinski definition) is 6. The Morgan fingerprint density at radius 3 is 2.29 bits per heavy atom. The van der Waals surface area contributed by atoms with Crippen molar-refractivity contribution in [1.82, 2.24) is 9.97 Å². The maximum atomic E-state index is 12.2. The van der Waals surface area contributed by atoms with Crippen LogP contribution in [0.2, 0.25) is 0 Å². The molecule has 2 rings (SSSR count). The zero-order valence-electron chi connectivity index (χ0n) is 11.6. The van der Waals surface area contributed by atoms with Crippen molar-refractivity contribution in [3.8, 4) is 11.8 Å². The molecule has 0 atom stereocenters. The predicted molar refractivity (Wildman–Crippen MR) is 77.0 cm³/mol. The van der Waals surface area contributed by atoms with E-state index in [4.69, 9.17) is 9.47 Å². The Kier molecular flexibility index (Phi) is 4.59. The lowest BCUT2D eigenvalue weighted by Gasteiger charge is -2.08. The van der Waals surface area contributed by atoms with Crippen molar-refractivity contribution < 1.29 is 17.9 Å².